The van der Waals surface area contributed by atoms with Gasteiger partial charge in [0, 0.05) is 13.2 Å². The number of hydrogen-bond donors (Lipinski definition) is 2. The summed E-state index contributed by atoms with van der Waals surface area (Å²) in [6.45, 7) is 0. The van der Waals surface area contributed by atoms with Crippen molar-refractivity contribution >= 4 is 29.1 Å². The minimum atomic E-state index is 0.635. The minimum absolute atomic E-state index is 0.635. The van der Waals surface area contributed by atoms with Crippen LogP contribution in [0.5, 0.6) is 0 Å². The van der Waals surface area contributed by atoms with Gasteiger partial charge in [-0.25, -0.2) is 4.98 Å². The average Bonchev–Trinajstić information content (AvgIpc) is 2.32. The van der Waals surface area contributed by atoms with E-state index in [1.807, 2.05) is 7.05 Å². The number of anilines is 1. The summed E-state index contributed by atoms with van der Waals surface area (Å²) < 4.78 is 2.43. The van der Waals surface area contributed by atoms with Gasteiger partial charge in [-0.1, -0.05) is 0 Å². The molecule has 3 N–H and O–H groups in total. The lowest BCUT2D eigenvalue weighted by Crippen LogP contribution is -1.91. The van der Waals surface area contributed by atoms with E-state index in [0.717, 1.165) is 11.2 Å². The molecule has 2 heterocycles. The number of imidazole rings is 1. The highest BCUT2D eigenvalue weighted by Crippen LogP contribution is 2.15. The highest BCUT2D eigenvalue weighted by molar-refractivity contribution is 7.71. The molecule has 0 aliphatic heterocycles. The lowest BCUT2D eigenvalue weighted by Gasteiger charge is -1.94. The van der Waals surface area contributed by atoms with Crippen LogP contribution in [0.1, 0.15) is 0 Å². The molecule has 0 spiro atoms. The molecule has 12 heavy (non-hydrogen) atoms. The van der Waals surface area contributed by atoms with Crippen LogP contribution in [0.15, 0.2) is 12.3 Å². The first kappa shape index (κ1) is 7.30. The van der Waals surface area contributed by atoms with Crippen molar-refractivity contribution in [2.75, 3.05) is 5.73 Å². The van der Waals surface area contributed by atoms with Crippen LogP contribution < -0.4 is 5.73 Å². The zero-order valence-corrected chi connectivity index (χ0v) is 7.35. The van der Waals surface area contributed by atoms with Crippen LogP contribution in [0.4, 0.5) is 5.69 Å². The Morgan fingerprint density at radius 3 is 3.08 bits per heavy atom. The van der Waals surface area contributed by atoms with Gasteiger partial charge in [0.1, 0.15) is 5.52 Å². The molecule has 5 heteroatoms. The number of fused-ring (bicyclic) bond motifs is 1. The van der Waals surface area contributed by atoms with Gasteiger partial charge in [-0.2, -0.15) is 0 Å². The van der Waals surface area contributed by atoms with Gasteiger partial charge in [-0.15, -0.1) is 0 Å². The zero-order chi connectivity index (χ0) is 8.72. The second-order valence-corrected chi connectivity index (χ2v) is 2.97. The number of nitrogens with two attached hydrogens (primary N) is 1. The van der Waals surface area contributed by atoms with Crippen LogP contribution in [0, 0.1) is 4.77 Å². The molecule has 2 rings (SSSR count). The van der Waals surface area contributed by atoms with E-state index in [9.17, 15) is 0 Å². The van der Waals surface area contributed by atoms with E-state index in [0.29, 0.717) is 10.5 Å². The molecule has 62 valence electrons. The number of aromatic nitrogens is 3. The second kappa shape index (κ2) is 2.31. The highest BCUT2D eigenvalue weighted by atomic mass is 32.1. The SMILES string of the molecule is Cn1c(=S)[nH]c2c(N)ccnc21. The van der Waals surface area contributed by atoms with E-state index < -0.39 is 0 Å². The first-order chi connectivity index (χ1) is 5.70. The Balaban J connectivity index is 3.05. The number of nitrogen functional groups attached to an aromatic ring is 1. The summed E-state index contributed by atoms with van der Waals surface area (Å²) in [4.78, 5) is 7.13. The van der Waals surface area contributed by atoms with Gasteiger partial charge in [-0.3, -0.25) is 0 Å². The molecule has 0 aromatic carbocycles. The maximum Gasteiger partial charge on any atom is 0.179 e. The molecule has 0 fully saturated rings. The van der Waals surface area contributed by atoms with E-state index in [1.165, 1.54) is 0 Å². The summed E-state index contributed by atoms with van der Waals surface area (Å²) in [5.74, 6) is 0. The standard InChI is InChI=1S/C7H8N4S/c1-11-6-5(10-7(11)12)4(8)2-3-9-6/h2-3H,1H3,(H2,8,9)(H,10,12). The zero-order valence-electron chi connectivity index (χ0n) is 6.53. The molecule has 0 atom stereocenters. The highest BCUT2D eigenvalue weighted by Gasteiger charge is 2.03. The molecule has 4 nitrogen and oxygen atoms in total. The van der Waals surface area contributed by atoms with E-state index in [-0.39, 0.29) is 0 Å². The number of pyridine rings is 1. The molecular weight excluding hydrogens is 172 g/mol. The largest absolute Gasteiger partial charge is 0.397 e. The van der Waals surface area contributed by atoms with Crippen LogP contribution in [-0.4, -0.2) is 14.5 Å². The fraction of sp³-hybridized carbons (Fsp3) is 0.143. The summed E-state index contributed by atoms with van der Waals surface area (Å²) >= 11 is 5.03. The van der Waals surface area contributed by atoms with E-state index in [4.69, 9.17) is 18.0 Å². The second-order valence-electron chi connectivity index (χ2n) is 2.59. The lowest BCUT2D eigenvalue weighted by atomic mass is 10.4. The molecule has 0 saturated heterocycles. The molecule has 0 unspecified atom stereocenters. The first-order valence-corrected chi connectivity index (χ1v) is 3.90. The van der Waals surface area contributed by atoms with Crippen LogP contribution in [-0.2, 0) is 7.05 Å². The van der Waals surface area contributed by atoms with Gasteiger partial charge in [0.25, 0.3) is 0 Å². The van der Waals surface area contributed by atoms with Gasteiger partial charge in [0.05, 0.1) is 5.69 Å². The lowest BCUT2D eigenvalue weighted by molar-refractivity contribution is 0.912. The Labute approximate surface area is 74.0 Å². The Bertz CT molecular complexity index is 482. The predicted octanol–water partition coefficient (Wildman–Crippen LogP) is 1.21. The minimum Gasteiger partial charge on any atom is -0.397 e. The number of hydrogen-bond acceptors (Lipinski definition) is 3. The van der Waals surface area contributed by atoms with Crippen molar-refractivity contribution < 1.29 is 0 Å². The van der Waals surface area contributed by atoms with Gasteiger partial charge < -0.3 is 15.3 Å². The Morgan fingerprint density at radius 2 is 2.42 bits per heavy atom. The van der Waals surface area contributed by atoms with Crippen molar-refractivity contribution in [3.63, 3.8) is 0 Å². The fourth-order valence-electron chi connectivity index (χ4n) is 1.13. The number of rotatable bonds is 0. The summed E-state index contributed by atoms with van der Waals surface area (Å²) in [5.41, 5.74) is 7.98. The van der Waals surface area contributed by atoms with E-state index in [1.54, 1.807) is 16.8 Å². The van der Waals surface area contributed by atoms with Crippen molar-refractivity contribution in [2.45, 2.75) is 0 Å². The number of aromatic amines is 1. The van der Waals surface area contributed by atoms with Crippen molar-refractivity contribution in [1.82, 2.24) is 14.5 Å². The van der Waals surface area contributed by atoms with Crippen LogP contribution in [0.25, 0.3) is 11.2 Å². The Kier molecular flexibility index (Phi) is 1.41. The summed E-state index contributed by atoms with van der Waals surface area (Å²) in [7, 11) is 1.85. The average molecular weight is 180 g/mol. The fourth-order valence-corrected chi connectivity index (χ4v) is 1.32. The molecule has 0 aliphatic carbocycles. The normalized spacial score (nSPS) is 10.8. The van der Waals surface area contributed by atoms with Crippen LogP contribution in [0.2, 0.25) is 0 Å². The smallest absolute Gasteiger partial charge is 0.179 e. The van der Waals surface area contributed by atoms with Gasteiger partial charge in [0.2, 0.25) is 0 Å². The molecule has 0 saturated carbocycles. The third-order valence-electron chi connectivity index (χ3n) is 1.82. The quantitative estimate of drug-likeness (QED) is 0.599. The first-order valence-electron chi connectivity index (χ1n) is 3.49. The maximum absolute atomic E-state index is 5.71. The Hall–Kier alpha value is -1.36. The van der Waals surface area contributed by atoms with Crippen molar-refractivity contribution in [3.05, 3.63) is 17.0 Å². The molecule has 0 radical (unpaired) electrons. The van der Waals surface area contributed by atoms with Crippen molar-refractivity contribution in [3.8, 4) is 0 Å². The number of nitrogens with zero attached hydrogens (tertiary/aromatic N) is 2. The van der Waals surface area contributed by atoms with Crippen LogP contribution in [0.3, 0.4) is 0 Å². The summed E-state index contributed by atoms with van der Waals surface area (Å²) in [6, 6.07) is 1.74. The molecule has 2 aromatic heterocycles. The third kappa shape index (κ3) is 0.831. The van der Waals surface area contributed by atoms with Gasteiger partial charge in [-0.05, 0) is 18.3 Å². The third-order valence-corrected chi connectivity index (χ3v) is 2.19. The van der Waals surface area contributed by atoms with E-state index in [2.05, 4.69) is 9.97 Å². The van der Waals surface area contributed by atoms with Gasteiger partial charge in [0.15, 0.2) is 10.4 Å². The van der Waals surface area contributed by atoms with E-state index >= 15 is 0 Å². The number of aryl methyl sites for hydroxylation is 1. The molecule has 0 bridgehead atoms. The summed E-state index contributed by atoms with van der Waals surface area (Å²) in [5, 5.41) is 0. The molecule has 0 aliphatic rings. The molecule has 2 aromatic rings. The molecule has 0 amide bonds. The summed E-state index contributed by atoms with van der Waals surface area (Å²) in [6.07, 6.45) is 1.67. The van der Waals surface area contributed by atoms with Crippen molar-refractivity contribution in [1.29, 1.82) is 0 Å². The van der Waals surface area contributed by atoms with Gasteiger partial charge >= 0.3 is 0 Å². The predicted molar refractivity (Wildman–Crippen MR) is 50.3 cm³/mol. The van der Waals surface area contributed by atoms with Crippen molar-refractivity contribution in [2.24, 2.45) is 7.05 Å². The maximum atomic E-state index is 5.71. The Morgan fingerprint density at radius 1 is 1.67 bits per heavy atom. The topological polar surface area (TPSA) is 59.6 Å². The van der Waals surface area contributed by atoms with Crippen LogP contribution >= 0.6 is 12.2 Å². The molecular formula is C7H8N4S. The number of H-pyrrole nitrogens is 1. The number of nitrogens with one attached hydrogen (secondary N) is 1. The monoisotopic (exact) mass is 180 g/mol.